The van der Waals surface area contributed by atoms with Crippen molar-refractivity contribution in [3.05, 3.63) is 42.2 Å². The zero-order valence-corrected chi connectivity index (χ0v) is 18.1. The number of anilines is 1. The molecule has 2 atom stereocenters. The topological polar surface area (TPSA) is 85.1 Å². The molecule has 3 rings (SSSR count). The number of aromatic nitrogens is 1. The standard InChI is InChI=1S/C20H28N4O4S/c1-22(2)29(26,27)19-13-15(9-10-18(19)28-4)21-20(25)14-24-12-6-8-17(24)16-7-5-11-23(16)3/h5,7,9-11,13,17H,6,8,12,14H2,1-4H3,(H,21,25)/p+1/t17-/m0/s1. The fourth-order valence-corrected chi connectivity index (χ4v) is 4.96. The number of carbonyl (C=O) groups excluding carboxylic acids is 1. The number of carbonyl (C=O) groups is 1. The van der Waals surface area contributed by atoms with E-state index in [1.807, 2.05) is 19.3 Å². The number of aryl methyl sites for hydroxylation is 1. The van der Waals surface area contributed by atoms with Crippen LogP contribution in [0, 0.1) is 0 Å². The van der Waals surface area contributed by atoms with Crippen LogP contribution in [-0.4, -0.2) is 57.5 Å². The molecule has 0 spiro atoms. The molecule has 8 nitrogen and oxygen atoms in total. The highest BCUT2D eigenvalue weighted by molar-refractivity contribution is 7.89. The van der Waals surface area contributed by atoms with Crippen LogP contribution in [0.25, 0.3) is 0 Å². The average Bonchev–Trinajstić information content (AvgIpc) is 3.29. The van der Waals surface area contributed by atoms with Gasteiger partial charge in [-0.25, -0.2) is 12.7 Å². The summed E-state index contributed by atoms with van der Waals surface area (Å²) >= 11 is 0. The van der Waals surface area contributed by atoms with Crippen molar-refractivity contribution in [2.45, 2.75) is 23.8 Å². The van der Waals surface area contributed by atoms with E-state index in [1.54, 1.807) is 12.1 Å². The summed E-state index contributed by atoms with van der Waals surface area (Å²) in [5, 5.41) is 2.85. The van der Waals surface area contributed by atoms with E-state index in [1.165, 1.54) is 37.9 Å². The summed E-state index contributed by atoms with van der Waals surface area (Å²) in [4.78, 5) is 13.9. The quantitative estimate of drug-likeness (QED) is 0.687. The SMILES string of the molecule is COc1ccc(NC(=O)C[NH+]2CCC[C@H]2c2cccn2C)cc1S(=O)(=O)N(C)C. The maximum absolute atomic E-state index is 12.7. The minimum absolute atomic E-state index is 0.0259. The van der Waals surface area contributed by atoms with Crippen molar-refractivity contribution in [2.75, 3.05) is 39.6 Å². The molecule has 9 heteroatoms. The van der Waals surface area contributed by atoms with Gasteiger partial charge in [0.2, 0.25) is 10.0 Å². The predicted molar refractivity (Wildman–Crippen MR) is 111 cm³/mol. The number of nitrogens with zero attached hydrogens (tertiary/aromatic N) is 2. The first-order valence-corrected chi connectivity index (χ1v) is 11.0. The number of sulfonamides is 1. The summed E-state index contributed by atoms with van der Waals surface area (Å²) in [6.07, 6.45) is 4.15. The van der Waals surface area contributed by atoms with Crippen molar-refractivity contribution < 1.29 is 22.8 Å². The minimum atomic E-state index is -3.69. The Morgan fingerprint density at radius 2 is 2.10 bits per heavy atom. The van der Waals surface area contributed by atoms with Gasteiger partial charge in [0.05, 0.1) is 19.3 Å². The summed E-state index contributed by atoms with van der Waals surface area (Å²) < 4.78 is 33.5. The molecule has 2 N–H and O–H groups in total. The van der Waals surface area contributed by atoms with Crippen molar-refractivity contribution in [3.8, 4) is 5.75 Å². The number of nitrogens with one attached hydrogen (secondary N) is 2. The van der Waals surface area contributed by atoms with Crippen LogP contribution in [0.3, 0.4) is 0 Å². The molecule has 1 saturated heterocycles. The van der Waals surface area contributed by atoms with E-state index in [0.717, 1.165) is 23.7 Å². The van der Waals surface area contributed by atoms with Crippen LogP contribution in [-0.2, 0) is 21.9 Å². The molecule has 0 aliphatic carbocycles. The molecule has 2 aromatic rings. The summed E-state index contributed by atoms with van der Waals surface area (Å²) in [5.74, 6) is 0.102. The van der Waals surface area contributed by atoms with E-state index in [2.05, 4.69) is 16.0 Å². The van der Waals surface area contributed by atoms with Crippen LogP contribution < -0.4 is 15.0 Å². The van der Waals surface area contributed by atoms with Crippen molar-refractivity contribution in [2.24, 2.45) is 7.05 Å². The Bertz CT molecular complexity index is 984. The largest absolute Gasteiger partial charge is 0.495 e. The zero-order valence-electron chi connectivity index (χ0n) is 17.3. The number of ether oxygens (including phenoxy) is 1. The van der Waals surface area contributed by atoms with Crippen LogP contribution in [0.2, 0.25) is 0 Å². The van der Waals surface area contributed by atoms with Gasteiger partial charge in [0.15, 0.2) is 6.54 Å². The van der Waals surface area contributed by atoms with E-state index >= 15 is 0 Å². The summed E-state index contributed by atoms with van der Waals surface area (Å²) in [5.41, 5.74) is 1.67. The number of likely N-dealkylation sites (tertiary alicyclic amines) is 1. The maximum Gasteiger partial charge on any atom is 0.279 e. The van der Waals surface area contributed by atoms with Crippen LogP contribution in [0.4, 0.5) is 5.69 Å². The first-order chi connectivity index (χ1) is 13.7. The second-order valence-electron chi connectivity index (χ2n) is 7.53. The molecule has 158 valence electrons. The van der Waals surface area contributed by atoms with Crippen molar-refractivity contribution in [3.63, 3.8) is 0 Å². The van der Waals surface area contributed by atoms with Gasteiger partial charge in [0.1, 0.15) is 16.7 Å². The number of hydrogen-bond acceptors (Lipinski definition) is 4. The fourth-order valence-electron chi connectivity index (χ4n) is 3.88. The van der Waals surface area contributed by atoms with Crippen LogP contribution in [0.1, 0.15) is 24.6 Å². The molecule has 1 unspecified atom stereocenters. The monoisotopic (exact) mass is 421 g/mol. The van der Waals surface area contributed by atoms with Gasteiger partial charge in [-0.15, -0.1) is 0 Å². The number of hydrogen-bond donors (Lipinski definition) is 2. The second-order valence-corrected chi connectivity index (χ2v) is 9.65. The Morgan fingerprint density at radius 1 is 1.34 bits per heavy atom. The van der Waals surface area contributed by atoms with Crippen molar-refractivity contribution in [1.29, 1.82) is 0 Å². The fraction of sp³-hybridized carbons (Fsp3) is 0.450. The normalized spacial score (nSPS) is 19.5. The highest BCUT2D eigenvalue weighted by Gasteiger charge is 2.33. The molecule has 2 heterocycles. The zero-order chi connectivity index (χ0) is 21.2. The Kier molecular flexibility index (Phi) is 6.30. The number of amides is 1. The molecule has 0 saturated carbocycles. The summed E-state index contributed by atoms with van der Waals surface area (Å²) in [7, 11) is 2.67. The summed E-state index contributed by atoms with van der Waals surface area (Å²) in [6.45, 7) is 1.27. The molecule has 1 aliphatic rings. The van der Waals surface area contributed by atoms with Gasteiger partial charge in [-0.1, -0.05) is 0 Å². The number of quaternary nitrogens is 1. The third-order valence-electron chi connectivity index (χ3n) is 5.42. The molecule has 1 aromatic carbocycles. The van der Waals surface area contributed by atoms with Gasteiger partial charge >= 0.3 is 0 Å². The first-order valence-electron chi connectivity index (χ1n) is 9.60. The average molecular weight is 422 g/mol. The third-order valence-corrected chi connectivity index (χ3v) is 7.25. The van der Waals surface area contributed by atoms with Gasteiger partial charge in [-0.2, -0.15) is 0 Å². The van der Waals surface area contributed by atoms with Gasteiger partial charge in [-0.05, 0) is 30.3 Å². The molecule has 1 aromatic heterocycles. The maximum atomic E-state index is 12.7. The highest BCUT2D eigenvalue weighted by atomic mass is 32.2. The minimum Gasteiger partial charge on any atom is -0.495 e. The molecular formula is C20H29N4O4S+. The number of benzene rings is 1. The van der Waals surface area contributed by atoms with Crippen LogP contribution in [0.15, 0.2) is 41.4 Å². The number of methoxy groups -OCH3 is 1. The van der Waals surface area contributed by atoms with E-state index in [9.17, 15) is 13.2 Å². The molecule has 1 fully saturated rings. The predicted octanol–water partition coefficient (Wildman–Crippen LogP) is 0.643. The highest BCUT2D eigenvalue weighted by Crippen LogP contribution is 2.28. The van der Waals surface area contributed by atoms with Crippen molar-refractivity contribution in [1.82, 2.24) is 8.87 Å². The second kappa shape index (κ2) is 8.56. The molecule has 1 amide bonds. The molecule has 1 aliphatic heterocycles. The first kappa shape index (κ1) is 21.4. The Hall–Kier alpha value is -2.36. The lowest BCUT2D eigenvalue weighted by Gasteiger charge is -2.22. The lowest BCUT2D eigenvalue weighted by molar-refractivity contribution is -0.910. The molecule has 29 heavy (non-hydrogen) atoms. The molecular weight excluding hydrogens is 392 g/mol. The van der Waals surface area contributed by atoms with Gasteiger partial charge in [0, 0.05) is 45.9 Å². The molecule has 0 radical (unpaired) electrons. The Labute approximate surface area is 172 Å². The van der Waals surface area contributed by atoms with E-state index in [-0.39, 0.29) is 16.6 Å². The van der Waals surface area contributed by atoms with Gasteiger partial charge in [-0.3, -0.25) is 4.79 Å². The van der Waals surface area contributed by atoms with E-state index in [0.29, 0.717) is 18.3 Å². The van der Waals surface area contributed by atoms with Gasteiger partial charge < -0.3 is 19.5 Å². The lowest BCUT2D eigenvalue weighted by Crippen LogP contribution is -3.11. The van der Waals surface area contributed by atoms with Crippen molar-refractivity contribution >= 4 is 21.6 Å². The van der Waals surface area contributed by atoms with E-state index < -0.39 is 10.0 Å². The van der Waals surface area contributed by atoms with Gasteiger partial charge in [0.25, 0.3) is 5.91 Å². The summed E-state index contributed by atoms with van der Waals surface area (Å²) in [6, 6.07) is 9.08. The Morgan fingerprint density at radius 3 is 2.72 bits per heavy atom. The van der Waals surface area contributed by atoms with E-state index in [4.69, 9.17) is 4.74 Å². The smallest absolute Gasteiger partial charge is 0.279 e. The van der Waals surface area contributed by atoms with Crippen LogP contribution in [0.5, 0.6) is 5.75 Å². The Balaban J connectivity index is 1.75. The number of rotatable bonds is 7. The van der Waals surface area contributed by atoms with Crippen LogP contribution >= 0.6 is 0 Å². The lowest BCUT2D eigenvalue weighted by atomic mass is 10.1. The molecule has 0 bridgehead atoms. The third kappa shape index (κ3) is 4.47.